The average Bonchev–Trinajstić information content (AvgIpc) is 2.46. The van der Waals surface area contributed by atoms with Crippen molar-refractivity contribution < 1.29 is 24.9 Å². The van der Waals surface area contributed by atoms with Gasteiger partial charge in [0, 0.05) is 19.8 Å². The van der Waals surface area contributed by atoms with E-state index in [1.807, 2.05) is 0 Å². The van der Waals surface area contributed by atoms with Gasteiger partial charge in [-0.05, 0) is 38.4 Å². The number of alkyl halides is 1. The summed E-state index contributed by atoms with van der Waals surface area (Å²) in [6, 6.07) is 3.30. The fourth-order valence-corrected chi connectivity index (χ4v) is 6.79. The van der Waals surface area contributed by atoms with Gasteiger partial charge in [-0.25, -0.2) is 0 Å². The summed E-state index contributed by atoms with van der Waals surface area (Å²) in [4.78, 5) is 11.6. The van der Waals surface area contributed by atoms with Crippen molar-refractivity contribution in [2.24, 2.45) is 0 Å². The number of aliphatic hydroxyl groups excluding tert-OH is 3. The highest BCUT2D eigenvalue weighted by Gasteiger charge is 2.30. The molecule has 0 unspecified atom stereocenters. The number of halogens is 1. The molecule has 0 atom stereocenters. The monoisotopic (exact) mass is 412 g/mol. The van der Waals surface area contributed by atoms with E-state index in [1.165, 1.54) is 0 Å². The van der Waals surface area contributed by atoms with Crippen molar-refractivity contribution in [1.82, 2.24) is 0 Å². The number of carbonyl (C=O) groups is 1. The van der Waals surface area contributed by atoms with Gasteiger partial charge in [-0.15, -0.1) is 0 Å². The number of hydrogen-bond donors (Lipinski definition) is 3. The first-order chi connectivity index (χ1) is 10.8. The summed E-state index contributed by atoms with van der Waals surface area (Å²) in [5.74, 6) is -0.238. The van der Waals surface area contributed by atoms with E-state index in [0.29, 0.717) is 6.61 Å². The van der Waals surface area contributed by atoms with Gasteiger partial charge in [0.15, 0.2) is 0 Å². The first-order valence-electron chi connectivity index (χ1n) is 8.50. The molecule has 0 spiro atoms. The van der Waals surface area contributed by atoms with Crippen LogP contribution in [0.3, 0.4) is 0 Å². The second-order valence-corrected chi connectivity index (χ2v) is 13.7. The van der Waals surface area contributed by atoms with Crippen LogP contribution in [0, 0.1) is 0 Å². The summed E-state index contributed by atoms with van der Waals surface area (Å²) in [6.45, 7) is 4.41. The minimum absolute atomic E-state index is 0.143. The molecule has 23 heavy (non-hydrogen) atoms. The third-order valence-corrected chi connectivity index (χ3v) is 9.84. The largest absolute Gasteiger partial charge is 0.465 e. The Kier molecular flexibility index (Phi) is 12.4. The van der Waals surface area contributed by atoms with Crippen LogP contribution in [0.2, 0.25) is 24.2 Å². The van der Waals surface area contributed by atoms with Crippen molar-refractivity contribution in [3.8, 4) is 0 Å². The Labute approximate surface area is 149 Å². The molecular formula is C16H33BrO5Si. The van der Waals surface area contributed by atoms with Crippen LogP contribution in [0.25, 0.3) is 0 Å². The molecule has 138 valence electrons. The van der Waals surface area contributed by atoms with Gasteiger partial charge in [0.25, 0.3) is 0 Å². The number of carbonyl (C=O) groups excluding carboxylic acids is 1. The molecule has 0 aliphatic carbocycles. The van der Waals surface area contributed by atoms with Crippen LogP contribution in [0.15, 0.2) is 0 Å². The summed E-state index contributed by atoms with van der Waals surface area (Å²) in [5.41, 5.74) is 0. The smallest absolute Gasteiger partial charge is 0.322 e. The SMILES string of the molecule is CC(C)(Br)C(=O)OCCCCCC[Si](CCO)(CCO)CCO. The number of esters is 1. The maximum absolute atomic E-state index is 11.6. The van der Waals surface area contributed by atoms with Crippen LogP contribution in [0.1, 0.15) is 39.5 Å². The summed E-state index contributed by atoms with van der Waals surface area (Å²) < 4.78 is 4.57. The van der Waals surface area contributed by atoms with Crippen LogP contribution in [0.4, 0.5) is 0 Å². The van der Waals surface area contributed by atoms with Crippen molar-refractivity contribution in [3.05, 3.63) is 0 Å². The lowest BCUT2D eigenvalue weighted by Gasteiger charge is -2.30. The first kappa shape index (κ1) is 23.0. The number of hydrogen-bond acceptors (Lipinski definition) is 5. The van der Waals surface area contributed by atoms with Gasteiger partial charge in [-0.3, -0.25) is 4.79 Å². The summed E-state index contributed by atoms with van der Waals surface area (Å²) in [6.07, 6.45) is 3.94. The Morgan fingerprint density at radius 1 is 0.913 bits per heavy atom. The van der Waals surface area contributed by atoms with Gasteiger partial charge in [0.1, 0.15) is 4.32 Å². The molecule has 0 saturated heterocycles. The van der Waals surface area contributed by atoms with Crippen molar-refractivity contribution in [2.75, 3.05) is 26.4 Å². The zero-order valence-corrected chi connectivity index (χ0v) is 17.1. The zero-order valence-electron chi connectivity index (χ0n) is 14.5. The van der Waals surface area contributed by atoms with Crippen LogP contribution in [0.5, 0.6) is 0 Å². The normalized spacial score (nSPS) is 12.4. The van der Waals surface area contributed by atoms with E-state index < -0.39 is 12.4 Å². The molecule has 0 bridgehead atoms. The molecule has 0 amide bonds. The van der Waals surface area contributed by atoms with E-state index in [2.05, 4.69) is 15.9 Å². The van der Waals surface area contributed by atoms with E-state index in [0.717, 1.165) is 49.9 Å². The Hall–Kier alpha value is 0.0469. The van der Waals surface area contributed by atoms with Gasteiger partial charge in [-0.2, -0.15) is 0 Å². The van der Waals surface area contributed by atoms with E-state index in [1.54, 1.807) is 13.8 Å². The van der Waals surface area contributed by atoms with Crippen molar-refractivity contribution in [3.63, 3.8) is 0 Å². The van der Waals surface area contributed by atoms with Crippen LogP contribution < -0.4 is 0 Å². The molecule has 0 aliphatic rings. The average molecular weight is 413 g/mol. The Morgan fingerprint density at radius 2 is 1.39 bits per heavy atom. The molecule has 0 aromatic heterocycles. The summed E-state index contributed by atoms with van der Waals surface area (Å²) in [7, 11) is -1.75. The maximum atomic E-state index is 11.6. The minimum Gasteiger partial charge on any atom is -0.465 e. The highest BCUT2D eigenvalue weighted by Crippen LogP contribution is 2.28. The third-order valence-electron chi connectivity index (χ3n) is 4.25. The molecule has 0 aromatic rings. The molecule has 0 aromatic carbocycles. The molecule has 0 fully saturated rings. The zero-order chi connectivity index (χ0) is 17.8. The minimum atomic E-state index is -1.75. The number of ether oxygens (including phenoxy) is 1. The second kappa shape index (κ2) is 12.4. The quantitative estimate of drug-likeness (QED) is 0.176. The lowest BCUT2D eigenvalue weighted by molar-refractivity contribution is -0.145. The maximum Gasteiger partial charge on any atom is 0.322 e. The highest BCUT2D eigenvalue weighted by atomic mass is 79.9. The molecule has 3 N–H and O–H groups in total. The summed E-state index contributed by atoms with van der Waals surface area (Å²) in [5, 5.41) is 27.8. The number of aliphatic hydroxyl groups is 3. The lowest BCUT2D eigenvalue weighted by Crippen LogP contribution is -2.37. The highest BCUT2D eigenvalue weighted by molar-refractivity contribution is 9.10. The number of unbranched alkanes of at least 4 members (excludes halogenated alkanes) is 3. The Morgan fingerprint density at radius 3 is 1.83 bits per heavy atom. The molecule has 0 aliphatic heterocycles. The third kappa shape index (κ3) is 10.5. The number of rotatable bonds is 14. The van der Waals surface area contributed by atoms with Crippen molar-refractivity contribution in [1.29, 1.82) is 0 Å². The van der Waals surface area contributed by atoms with Gasteiger partial charge < -0.3 is 20.1 Å². The van der Waals surface area contributed by atoms with Gasteiger partial charge >= 0.3 is 5.97 Å². The van der Waals surface area contributed by atoms with Crippen LogP contribution in [-0.4, -0.2) is 60.1 Å². The topological polar surface area (TPSA) is 87.0 Å². The standard InChI is InChI=1S/C16H33BrO5Si/c1-16(2,17)15(21)22-10-5-3-4-6-11-23(12-7-18,13-8-19)14-9-20/h18-20H,3-14H2,1-2H3. The van der Waals surface area contributed by atoms with Crippen molar-refractivity contribution in [2.45, 2.75) is 68.0 Å². The van der Waals surface area contributed by atoms with E-state index in [9.17, 15) is 20.1 Å². The van der Waals surface area contributed by atoms with Gasteiger partial charge in [0.05, 0.1) is 14.7 Å². The molecule has 5 nitrogen and oxygen atoms in total. The van der Waals surface area contributed by atoms with Crippen LogP contribution in [-0.2, 0) is 9.53 Å². The predicted molar refractivity (Wildman–Crippen MR) is 98.7 cm³/mol. The molecule has 7 heteroatoms. The van der Waals surface area contributed by atoms with Crippen LogP contribution >= 0.6 is 15.9 Å². The second-order valence-electron chi connectivity index (χ2n) is 6.69. The van der Waals surface area contributed by atoms with Crippen molar-refractivity contribution >= 4 is 30.0 Å². The fourth-order valence-electron chi connectivity index (χ4n) is 2.75. The van der Waals surface area contributed by atoms with E-state index >= 15 is 0 Å². The molecule has 0 radical (unpaired) electrons. The fraction of sp³-hybridized carbons (Fsp3) is 0.938. The summed E-state index contributed by atoms with van der Waals surface area (Å²) >= 11 is 3.27. The Balaban J connectivity index is 3.96. The Bertz CT molecular complexity index is 303. The van der Waals surface area contributed by atoms with E-state index in [4.69, 9.17) is 4.74 Å². The molecular weight excluding hydrogens is 380 g/mol. The van der Waals surface area contributed by atoms with Gasteiger partial charge in [0.2, 0.25) is 0 Å². The van der Waals surface area contributed by atoms with E-state index in [-0.39, 0.29) is 25.8 Å². The molecule has 0 heterocycles. The first-order valence-corrected chi connectivity index (χ1v) is 12.1. The predicted octanol–water partition coefficient (Wildman–Crippen LogP) is 2.69. The molecule has 0 saturated carbocycles. The molecule has 0 rings (SSSR count). The van der Waals surface area contributed by atoms with Gasteiger partial charge in [-0.1, -0.05) is 41.2 Å². The lowest BCUT2D eigenvalue weighted by atomic mass is 10.2.